The number of hydrogen-bond donors (Lipinski definition) is 1. The molecule has 2 heterocycles. The summed E-state index contributed by atoms with van der Waals surface area (Å²) in [6.45, 7) is 3.48. The first kappa shape index (κ1) is 7.10. The molecule has 0 spiro atoms. The standard InChI is InChI=1S/C8H14N2O/c11-6-7-2-5-10-4-1-3-9-8(7)10/h7,11H,1-6H2. The van der Waals surface area contributed by atoms with Gasteiger partial charge in [-0.1, -0.05) is 0 Å². The Balaban J connectivity index is 2.13. The lowest BCUT2D eigenvalue weighted by atomic mass is 10.1. The SMILES string of the molecule is OCC1CCN2CCCN=C12. The maximum atomic E-state index is 9.00. The first-order valence-electron chi connectivity index (χ1n) is 4.32. The van der Waals surface area contributed by atoms with E-state index < -0.39 is 0 Å². The maximum absolute atomic E-state index is 9.00. The van der Waals surface area contributed by atoms with Crippen LogP contribution in [0.25, 0.3) is 0 Å². The lowest BCUT2D eigenvalue weighted by Crippen LogP contribution is -2.33. The minimum atomic E-state index is 0.273. The first-order chi connectivity index (χ1) is 5.42. The maximum Gasteiger partial charge on any atom is 0.104 e. The average molecular weight is 154 g/mol. The van der Waals surface area contributed by atoms with Crippen LogP contribution in [0.15, 0.2) is 4.99 Å². The van der Waals surface area contributed by atoms with Crippen molar-refractivity contribution in [3.63, 3.8) is 0 Å². The molecule has 1 saturated heterocycles. The molecule has 3 heteroatoms. The molecule has 1 unspecified atom stereocenters. The summed E-state index contributed by atoms with van der Waals surface area (Å²) in [5, 5.41) is 9.00. The zero-order chi connectivity index (χ0) is 7.68. The van der Waals surface area contributed by atoms with E-state index in [9.17, 15) is 0 Å². The van der Waals surface area contributed by atoms with Crippen LogP contribution in [0.4, 0.5) is 0 Å². The molecule has 1 N–H and O–H groups in total. The van der Waals surface area contributed by atoms with Crippen molar-refractivity contribution in [1.82, 2.24) is 4.90 Å². The normalized spacial score (nSPS) is 30.1. The van der Waals surface area contributed by atoms with Crippen LogP contribution in [0, 0.1) is 5.92 Å². The highest BCUT2D eigenvalue weighted by atomic mass is 16.3. The third kappa shape index (κ3) is 1.13. The molecule has 62 valence electrons. The van der Waals surface area contributed by atoms with E-state index in [1.54, 1.807) is 0 Å². The molecule has 2 aliphatic rings. The number of rotatable bonds is 1. The third-order valence-corrected chi connectivity index (χ3v) is 2.52. The van der Waals surface area contributed by atoms with E-state index in [4.69, 9.17) is 5.11 Å². The molecule has 0 aromatic rings. The lowest BCUT2D eigenvalue weighted by Gasteiger charge is -2.24. The molecule has 2 aliphatic heterocycles. The quantitative estimate of drug-likeness (QED) is 0.581. The van der Waals surface area contributed by atoms with Gasteiger partial charge >= 0.3 is 0 Å². The molecular formula is C8H14N2O. The third-order valence-electron chi connectivity index (χ3n) is 2.52. The summed E-state index contributed by atoms with van der Waals surface area (Å²) >= 11 is 0. The molecule has 0 radical (unpaired) electrons. The Bertz CT molecular complexity index is 179. The zero-order valence-electron chi connectivity index (χ0n) is 6.66. The van der Waals surface area contributed by atoms with Crippen LogP contribution in [-0.2, 0) is 0 Å². The number of amidine groups is 1. The van der Waals surface area contributed by atoms with Crippen molar-refractivity contribution in [2.45, 2.75) is 12.8 Å². The monoisotopic (exact) mass is 154 g/mol. The Morgan fingerprint density at radius 3 is 3.27 bits per heavy atom. The smallest absolute Gasteiger partial charge is 0.104 e. The fourth-order valence-electron chi connectivity index (χ4n) is 1.90. The Hall–Kier alpha value is -0.570. The van der Waals surface area contributed by atoms with Gasteiger partial charge in [0.2, 0.25) is 0 Å². The Morgan fingerprint density at radius 2 is 2.45 bits per heavy atom. The molecule has 0 aliphatic carbocycles. The van der Waals surface area contributed by atoms with Crippen molar-refractivity contribution in [3.05, 3.63) is 0 Å². The number of fused-ring (bicyclic) bond motifs is 1. The molecule has 1 fully saturated rings. The molecule has 3 nitrogen and oxygen atoms in total. The van der Waals surface area contributed by atoms with Crippen LogP contribution in [0.3, 0.4) is 0 Å². The van der Waals surface area contributed by atoms with Crippen LogP contribution >= 0.6 is 0 Å². The molecule has 2 rings (SSSR count). The summed E-state index contributed by atoms with van der Waals surface area (Å²) in [7, 11) is 0. The molecule has 0 bridgehead atoms. The minimum absolute atomic E-state index is 0.273. The summed E-state index contributed by atoms with van der Waals surface area (Å²) < 4.78 is 0. The first-order valence-corrected chi connectivity index (χ1v) is 4.32. The van der Waals surface area contributed by atoms with Gasteiger partial charge in [0.25, 0.3) is 0 Å². The molecule has 1 atom stereocenters. The van der Waals surface area contributed by atoms with Gasteiger partial charge < -0.3 is 10.0 Å². The highest BCUT2D eigenvalue weighted by molar-refractivity contribution is 5.87. The summed E-state index contributed by atoms with van der Waals surface area (Å²) in [5.41, 5.74) is 0. The van der Waals surface area contributed by atoms with E-state index in [1.807, 2.05) is 0 Å². The highest BCUT2D eigenvalue weighted by Gasteiger charge is 2.29. The van der Waals surface area contributed by atoms with E-state index >= 15 is 0 Å². The largest absolute Gasteiger partial charge is 0.396 e. The topological polar surface area (TPSA) is 35.8 Å². The van der Waals surface area contributed by atoms with Crippen LogP contribution < -0.4 is 0 Å². The zero-order valence-corrected chi connectivity index (χ0v) is 6.66. The van der Waals surface area contributed by atoms with Crippen LogP contribution in [0.1, 0.15) is 12.8 Å². The van der Waals surface area contributed by atoms with Gasteiger partial charge in [0.05, 0.1) is 6.61 Å². The number of hydrogen-bond acceptors (Lipinski definition) is 3. The van der Waals surface area contributed by atoms with Gasteiger partial charge in [0.1, 0.15) is 5.84 Å². The molecule has 0 amide bonds. The Morgan fingerprint density at radius 1 is 1.55 bits per heavy atom. The number of nitrogens with zero attached hydrogens (tertiary/aromatic N) is 2. The van der Waals surface area contributed by atoms with Gasteiger partial charge in [0.15, 0.2) is 0 Å². The van der Waals surface area contributed by atoms with Crippen molar-refractivity contribution in [1.29, 1.82) is 0 Å². The van der Waals surface area contributed by atoms with Gasteiger partial charge in [-0.05, 0) is 12.8 Å². The second kappa shape index (κ2) is 2.81. The summed E-state index contributed by atoms with van der Waals surface area (Å²) in [4.78, 5) is 6.74. The minimum Gasteiger partial charge on any atom is -0.396 e. The van der Waals surface area contributed by atoms with Crippen molar-refractivity contribution >= 4 is 5.84 Å². The fraction of sp³-hybridized carbons (Fsp3) is 0.875. The van der Waals surface area contributed by atoms with Gasteiger partial charge in [-0.25, -0.2) is 0 Å². The number of aliphatic hydroxyl groups excluding tert-OH is 1. The van der Waals surface area contributed by atoms with Crippen LogP contribution in [-0.4, -0.2) is 42.1 Å². The summed E-state index contributed by atoms with van der Waals surface area (Å²) in [5.74, 6) is 1.51. The van der Waals surface area contributed by atoms with E-state index in [0.717, 1.165) is 26.1 Å². The highest BCUT2D eigenvalue weighted by Crippen LogP contribution is 2.21. The summed E-state index contributed by atoms with van der Waals surface area (Å²) in [6.07, 6.45) is 2.27. The Kier molecular flexibility index (Phi) is 1.82. The van der Waals surface area contributed by atoms with E-state index in [0.29, 0.717) is 5.92 Å². The molecule has 0 aromatic carbocycles. The van der Waals surface area contributed by atoms with E-state index in [1.165, 1.54) is 12.3 Å². The molecule has 0 saturated carbocycles. The molecule has 0 aromatic heterocycles. The van der Waals surface area contributed by atoms with Crippen molar-refractivity contribution in [2.75, 3.05) is 26.2 Å². The van der Waals surface area contributed by atoms with Gasteiger partial charge in [-0.3, -0.25) is 4.99 Å². The Labute approximate surface area is 66.7 Å². The van der Waals surface area contributed by atoms with E-state index in [2.05, 4.69) is 9.89 Å². The van der Waals surface area contributed by atoms with Gasteiger partial charge in [-0.15, -0.1) is 0 Å². The molecule has 11 heavy (non-hydrogen) atoms. The second-order valence-corrected chi connectivity index (χ2v) is 3.25. The second-order valence-electron chi connectivity index (χ2n) is 3.25. The van der Waals surface area contributed by atoms with Crippen LogP contribution in [0.2, 0.25) is 0 Å². The van der Waals surface area contributed by atoms with Crippen LogP contribution in [0.5, 0.6) is 0 Å². The van der Waals surface area contributed by atoms with Gasteiger partial charge in [-0.2, -0.15) is 0 Å². The van der Waals surface area contributed by atoms with Crippen molar-refractivity contribution in [3.8, 4) is 0 Å². The van der Waals surface area contributed by atoms with Crippen molar-refractivity contribution < 1.29 is 5.11 Å². The lowest BCUT2D eigenvalue weighted by molar-refractivity contribution is 0.262. The van der Waals surface area contributed by atoms with Crippen molar-refractivity contribution in [2.24, 2.45) is 10.9 Å². The number of aliphatic hydroxyl groups is 1. The molecular weight excluding hydrogens is 140 g/mol. The fourth-order valence-corrected chi connectivity index (χ4v) is 1.90. The predicted molar refractivity (Wildman–Crippen MR) is 43.7 cm³/mol. The summed E-state index contributed by atoms with van der Waals surface area (Å²) in [6, 6.07) is 0. The average Bonchev–Trinajstić information content (AvgIpc) is 2.47. The van der Waals surface area contributed by atoms with Gasteiger partial charge in [0, 0.05) is 25.6 Å². The number of aliphatic imine (C=N–C) groups is 1. The predicted octanol–water partition coefficient (Wildman–Crippen LogP) is 0.103. The van der Waals surface area contributed by atoms with E-state index in [-0.39, 0.29) is 6.61 Å².